The average Bonchev–Trinajstić information content (AvgIpc) is 3.12. The van der Waals surface area contributed by atoms with Gasteiger partial charge in [-0.05, 0) is 30.1 Å². The van der Waals surface area contributed by atoms with Crippen LogP contribution in [0.4, 0.5) is 4.79 Å². The fraction of sp³-hybridized carbons (Fsp3) is 0.773. The molecule has 1 heterocycles. The summed E-state index contributed by atoms with van der Waals surface area (Å²) in [5.74, 6) is -2.94. The van der Waals surface area contributed by atoms with Crippen molar-refractivity contribution in [2.24, 2.45) is 28.7 Å². The lowest BCUT2D eigenvalue weighted by molar-refractivity contribution is -0.144. The normalized spacial score (nSPS) is 20.5. The number of rotatable bonds is 10. The Bertz CT molecular complexity index is 731. The third kappa shape index (κ3) is 6.93. The molecule has 10 nitrogen and oxygen atoms in total. The topological polar surface area (TPSA) is 165 Å². The van der Waals surface area contributed by atoms with Crippen LogP contribution in [0.5, 0.6) is 0 Å². The van der Waals surface area contributed by atoms with Crippen LogP contribution < -0.4 is 22.1 Å². The van der Waals surface area contributed by atoms with E-state index in [0.717, 1.165) is 6.42 Å². The van der Waals surface area contributed by atoms with E-state index in [2.05, 4.69) is 10.6 Å². The van der Waals surface area contributed by atoms with E-state index >= 15 is 0 Å². The number of urea groups is 1. The Hall–Kier alpha value is -2.65. The molecule has 1 aliphatic heterocycles. The van der Waals surface area contributed by atoms with Crippen molar-refractivity contribution < 1.29 is 24.0 Å². The first-order valence-electron chi connectivity index (χ1n) is 11.2. The average molecular weight is 454 g/mol. The zero-order chi connectivity index (χ0) is 24.8. The van der Waals surface area contributed by atoms with E-state index in [1.807, 2.05) is 20.8 Å². The number of unbranched alkanes of at least 4 members (excludes halogenated alkanes) is 1. The first kappa shape index (κ1) is 27.4. The van der Waals surface area contributed by atoms with Crippen molar-refractivity contribution in [2.75, 3.05) is 6.54 Å². The summed E-state index contributed by atoms with van der Waals surface area (Å²) in [5, 5.41) is 5.17. The minimum Gasteiger partial charge on any atom is -0.363 e. The van der Waals surface area contributed by atoms with Crippen molar-refractivity contribution in [1.29, 1.82) is 0 Å². The van der Waals surface area contributed by atoms with Gasteiger partial charge in [-0.2, -0.15) is 0 Å². The van der Waals surface area contributed by atoms with Gasteiger partial charge in [-0.25, -0.2) is 4.79 Å². The molecule has 6 N–H and O–H groups in total. The molecular weight excluding hydrogens is 414 g/mol. The molecule has 4 atom stereocenters. The highest BCUT2D eigenvalue weighted by Crippen LogP contribution is 2.33. The molecular formula is C22H39N5O5. The van der Waals surface area contributed by atoms with E-state index in [1.54, 1.807) is 20.8 Å². The molecule has 1 rings (SSSR count). The molecule has 0 aliphatic carbocycles. The van der Waals surface area contributed by atoms with E-state index in [-0.39, 0.29) is 18.3 Å². The summed E-state index contributed by atoms with van der Waals surface area (Å²) in [7, 11) is 0. The number of ketones is 1. The summed E-state index contributed by atoms with van der Waals surface area (Å²) in [4.78, 5) is 63.5. The predicted octanol–water partition coefficient (Wildman–Crippen LogP) is 0.672. The Labute approximate surface area is 190 Å². The summed E-state index contributed by atoms with van der Waals surface area (Å²) < 4.78 is 0. The number of nitrogens with two attached hydrogens (primary N) is 2. The van der Waals surface area contributed by atoms with Crippen molar-refractivity contribution >= 4 is 29.5 Å². The van der Waals surface area contributed by atoms with Crippen LogP contribution in [0.25, 0.3) is 0 Å². The van der Waals surface area contributed by atoms with Gasteiger partial charge in [0.2, 0.25) is 17.6 Å². The van der Waals surface area contributed by atoms with Crippen molar-refractivity contribution in [1.82, 2.24) is 15.5 Å². The summed E-state index contributed by atoms with van der Waals surface area (Å²) >= 11 is 0. The number of hydrogen-bond acceptors (Lipinski definition) is 5. The molecule has 32 heavy (non-hydrogen) atoms. The van der Waals surface area contributed by atoms with Crippen LogP contribution in [-0.4, -0.2) is 59.1 Å². The van der Waals surface area contributed by atoms with E-state index in [4.69, 9.17) is 11.5 Å². The summed E-state index contributed by atoms with van der Waals surface area (Å²) in [5.41, 5.74) is 9.81. The fourth-order valence-electron chi connectivity index (χ4n) is 4.16. The largest absolute Gasteiger partial charge is 0.363 e. The Morgan fingerprint density at radius 1 is 1.06 bits per heavy atom. The second-order valence-corrected chi connectivity index (χ2v) is 9.91. The maximum atomic E-state index is 13.4. The molecule has 0 aromatic carbocycles. The Kier molecular flexibility index (Phi) is 9.66. The second kappa shape index (κ2) is 11.3. The van der Waals surface area contributed by atoms with Gasteiger partial charge in [0.05, 0.1) is 6.04 Å². The van der Waals surface area contributed by atoms with Crippen LogP contribution in [-0.2, 0) is 19.2 Å². The van der Waals surface area contributed by atoms with Crippen LogP contribution in [0.3, 0.4) is 0 Å². The number of carbonyl (C=O) groups excluding carboxylic acids is 5. The first-order valence-corrected chi connectivity index (χ1v) is 11.2. The molecule has 0 bridgehead atoms. The standard InChI is InChI=1S/C22H39N5O5/c1-7-8-9-14(16(28)18(23)29)25-19(30)15-13(12(2)3)10-11-27(15)20(31)17(22(4,5)6)26-21(24)32/h12-15,17H,7-11H2,1-6H3,(H2,23,29)(H,25,30)(H3,24,26,32)/t13-,14?,15+,17?/m1/s1. The van der Waals surface area contributed by atoms with Gasteiger partial charge in [-0.3, -0.25) is 19.2 Å². The second-order valence-electron chi connectivity index (χ2n) is 9.91. The molecule has 0 aromatic heterocycles. The van der Waals surface area contributed by atoms with E-state index in [1.165, 1.54) is 4.90 Å². The number of amides is 5. The van der Waals surface area contributed by atoms with E-state index < -0.39 is 53.1 Å². The first-order chi connectivity index (χ1) is 14.7. The monoisotopic (exact) mass is 453 g/mol. The number of Topliss-reactive ketones (excluding diaryl/α,β-unsaturated/α-hetero) is 1. The summed E-state index contributed by atoms with van der Waals surface area (Å²) in [6.45, 7) is 11.6. The molecule has 0 aromatic rings. The lowest BCUT2D eigenvalue weighted by Gasteiger charge is -2.36. The van der Waals surface area contributed by atoms with Gasteiger partial charge in [0.25, 0.3) is 5.91 Å². The van der Waals surface area contributed by atoms with Gasteiger partial charge in [0.1, 0.15) is 12.1 Å². The zero-order valence-corrected chi connectivity index (χ0v) is 20.1. The summed E-state index contributed by atoms with van der Waals surface area (Å²) in [6, 6.07) is -3.63. The molecule has 1 fully saturated rings. The number of hydrogen-bond donors (Lipinski definition) is 4. The van der Waals surface area contributed by atoms with Gasteiger partial charge in [-0.15, -0.1) is 0 Å². The molecule has 1 aliphatic rings. The summed E-state index contributed by atoms with van der Waals surface area (Å²) in [6.07, 6.45) is 2.27. The maximum absolute atomic E-state index is 13.4. The predicted molar refractivity (Wildman–Crippen MR) is 120 cm³/mol. The van der Waals surface area contributed by atoms with Crippen LogP contribution in [0.2, 0.25) is 0 Å². The quantitative estimate of drug-likeness (QED) is 0.356. The maximum Gasteiger partial charge on any atom is 0.312 e. The fourth-order valence-corrected chi connectivity index (χ4v) is 4.16. The van der Waals surface area contributed by atoms with Crippen LogP contribution in [0.1, 0.15) is 67.2 Å². The highest BCUT2D eigenvalue weighted by Gasteiger charge is 2.47. The van der Waals surface area contributed by atoms with Gasteiger partial charge in [0.15, 0.2) is 0 Å². The Morgan fingerprint density at radius 2 is 1.66 bits per heavy atom. The van der Waals surface area contributed by atoms with Gasteiger partial charge in [0, 0.05) is 6.54 Å². The minimum atomic E-state index is -1.11. The van der Waals surface area contributed by atoms with E-state index in [0.29, 0.717) is 19.4 Å². The van der Waals surface area contributed by atoms with Crippen molar-refractivity contribution in [3.05, 3.63) is 0 Å². The van der Waals surface area contributed by atoms with Gasteiger partial charge in [-0.1, -0.05) is 54.4 Å². The molecule has 0 spiro atoms. The number of likely N-dealkylation sites (tertiary alicyclic amines) is 1. The van der Waals surface area contributed by atoms with Gasteiger partial charge >= 0.3 is 6.03 Å². The Balaban J connectivity index is 3.25. The molecule has 0 radical (unpaired) electrons. The highest BCUT2D eigenvalue weighted by atomic mass is 16.2. The number of nitrogens with one attached hydrogen (secondary N) is 2. The third-order valence-electron chi connectivity index (χ3n) is 5.97. The smallest absolute Gasteiger partial charge is 0.312 e. The number of carbonyl (C=O) groups is 5. The molecule has 0 saturated carbocycles. The van der Waals surface area contributed by atoms with Crippen molar-refractivity contribution in [2.45, 2.75) is 85.4 Å². The van der Waals surface area contributed by atoms with Crippen LogP contribution in [0, 0.1) is 17.3 Å². The van der Waals surface area contributed by atoms with Crippen LogP contribution in [0.15, 0.2) is 0 Å². The third-order valence-corrected chi connectivity index (χ3v) is 5.97. The lowest BCUT2D eigenvalue weighted by atomic mass is 9.84. The molecule has 182 valence electrons. The highest BCUT2D eigenvalue weighted by molar-refractivity contribution is 6.37. The van der Waals surface area contributed by atoms with Crippen molar-refractivity contribution in [3.8, 4) is 0 Å². The minimum absolute atomic E-state index is 0.0849. The van der Waals surface area contributed by atoms with E-state index in [9.17, 15) is 24.0 Å². The van der Waals surface area contributed by atoms with Crippen LogP contribution >= 0.6 is 0 Å². The zero-order valence-electron chi connectivity index (χ0n) is 20.1. The molecule has 5 amide bonds. The van der Waals surface area contributed by atoms with Crippen molar-refractivity contribution in [3.63, 3.8) is 0 Å². The Morgan fingerprint density at radius 3 is 2.09 bits per heavy atom. The number of primary amides is 2. The number of nitrogens with zero attached hydrogens (tertiary/aromatic N) is 1. The lowest BCUT2D eigenvalue weighted by Crippen LogP contribution is -2.60. The molecule has 1 saturated heterocycles. The molecule has 2 unspecified atom stereocenters. The molecule has 10 heteroatoms. The van der Waals surface area contributed by atoms with Gasteiger partial charge < -0.3 is 27.0 Å². The SMILES string of the molecule is CCCCC(NC(=O)[C@@H]1[C@@H](C(C)C)CCN1C(=O)C(NC(N)=O)C(C)(C)C)C(=O)C(N)=O.